The molecule has 1 saturated carbocycles. The number of hydrogen-bond donors (Lipinski definition) is 1. The number of nitrogens with zero attached hydrogens (tertiary/aromatic N) is 2. The van der Waals surface area contributed by atoms with Gasteiger partial charge < -0.3 is 5.32 Å². The number of aromatic nitrogens is 2. The lowest BCUT2D eigenvalue weighted by molar-refractivity contribution is 0.376. The molecule has 1 aliphatic rings. The van der Waals surface area contributed by atoms with Crippen LogP contribution in [0.25, 0.3) is 0 Å². The van der Waals surface area contributed by atoms with Crippen molar-refractivity contribution < 1.29 is 0 Å². The van der Waals surface area contributed by atoms with Crippen LogP contribution in [-0.4, -0.2) is 27.3 Å². The van der Waals surface area contributed by atoms with Gasteiger partial charge in [-0.05, 0) is 38.5 Å². The summed E-state index contributed by atoms with van der Waals surface area (Å²) in [4.78, 5) is 0. The Morgan fingerprint density at radius 1 is 1.53 bits per heavy atom. The van der Waals surface area contributed by atoms with Gasteiger partial charge in [-0.1, -0.05) is 6.42 Å². The average Bonchev–Trinajstić information content (AvgIpc) is 2.65. The lowest BCUT2D eigenvalue weighted by atomic mass is 9.95. The Hall–Kier alpha value is -0.480. The van der Waals surface area contributed by atoms with Crippen LogP contribution >= 0.6 is 11.8 Å². The van der Waals surface area contributed by atoms with E-state index in [0.717, 1.165) is 17.5 Å². The molecule has 1 aliphatic carbocycles. The van der Waals surface area contributed by atoms with E-state index in [1.807, 2.05) is 30.4 Å². The molecule has 0 bridgehead atoms. The Morgan fingerprint density at radius 2 is 2.35 bits per heavy atom. The van der Waals surface area contributed by atoms with Crippen LogP contribution < -0.4 is 5.32 Å². The SMILES string of the molecule is CSC1CCCC(NCc2cc(C)nn2C)C1. The normalized spacial score (nSPS) is 25.1. The van der Waals surface area contributed by atoms with Gasteiger partial charge in [0, 0.05) is 24.9 Å². The van der Waals surface area contributed by atoms with Crippen molar-refractivity contribution in [1.29, 1.82) is 0 Å². The molecular formula is C13H23N3S. The quantitative estimate of drug-likeness (QED) is 0.894. The molecule has 1 aromatic rings. The third-order valence-electron chi connectivity index (χ3n) is 3.63. The Bertz CT molecular complexity index is 362. The highest BCUT2D eigenvalue weighted by molar-refractivity contribution is 7.99. The van der Waals surface area contributed by atoms with Gasteiger partial charge in [0.25, 0.3) is 0 Å². The van der Waals surface area contributed by atoms with Gasteiger partial charge in [0.05, 0.1) is 11.4 Å². The molecule has 2 unspecified atom stereocenters. The highest BCUT2D eigenvalue weighted by Gasteiger charge is 2.20. The minimum Gasteiger partial charge on any atom is -0.308 e. The summed E-state index contributed by atoms with van der Waals surface area (Å²) < 4.78 is 1.98. The topological polar surface area (TPSA) is 29.9 Å². The second-order valence-corrected chi connectivity index (χ2v) is 6.14. The fourth-order valence-electron chi connectivity index (χ4n) is 2.62. The van der Waals surface area contributed by atoms with Gasteiger partial charge in [0.2, 0.25) is 0 Å². The summed E-state index contributed by atoms with van der Waals surface area (Å²) in [6.45, 7) is 3.00. The first-order valence-corrected chi connectivity index (χ1v) is 7.73. The predicted octanol–water partition coefficient (Wildman–Crippen LogP) is 2.49. The summed E-state index contributed by atoms with van der Waals surface area (Å²) in [5.41, 5.74) is 2.39. The molecule has 1 N–H and O–H groups in total. The van der Waals surface area contributed by atoms with Gasteiger partial charge >= 0.3 is 0 Å². The molecule has 17 heavy (non-hydrogen) atoms. The van der Waals surface area contributed by atoms with Crippen LogP contribution in [0, 0.1) is 6.92 Å². The maximum Gasteiger partial charge on any atom is 0.0597 e. The Balaban J connectivity index is 1.83. The Labute approximate surface area is 108 Å². The van der Waals surface area contributed by atoms with Crippen molar-refractivity contribution in [3.63, 3.8) is 0 Å². The molecule has 0 amide bonds. The van der Waals surface area contributed by atoms with E-state index in [1.54, 1.807) is 0 Å². The van der Waals surface area contributed by atoms with E-state index in [2.05, 4.69) is 22.7 Å². The minimum absolute atomic E-state index is 0.691. The van der Waals surface area contributed by atoms with Gasteiger partial charge in [-0.3, -0.25) is 4.68 Å². The van der Waals surface area contributed by atoms with E-state index in [4.69, 9.17) is 0 Å². The highest BCUT2D eigenvalue weighted by Crippen LogP contribution is 2.27. The molecule has 1 heterocycles. The molecule has 0 aliphatic heterocycles. The standard InChI is InChI=1S/C13H23N3S/c1-10-7-12(16(2)15-10)9-14-11-5-4-6-13(8-11)17-3/h7,11,13-14H,4-6,8-9H2,1-3H3. The van der Waals surface area contributed by atoms with Crippen molar-refractivity contribution in [2.24, 2.45) is 7.05 Å². The molecule has 0 radical (unpaired) electrons. The second-order valence-electron chi connectivity index (χ2n) is 5.00. The number of nitrogens with one attached hydrogen (secondary N) is 1. The number of aryl methyl sites for hydroxylation is 2. The van der Waals surface area contributed by atoms with Crippen molar-refractivity contribution in [3.8, 4) is 0 Å². The average molecular weight is 253 g/mol. The van der Waals surface area contributed by atoms with E-state index >= 15 is 0 Å². The smallest absolute Gasteiger partial charge is 0.0597 e. The predicted molar refractivity (Wildman–Crippen MR) is 74.3 cm³/mol. The maximum absolute atomic E-state index is 4.38. The van der Waals surface area contributed by atoms with Crippen molar-refractivity contribution in [2.45, 2.75) is 50.4 Å². The fraction of sp³-hybridized carbons (Fsp3) is 0.769. The molecule has 1 aromatic heterocycles. The molecule has 0 saturated heterocycles. The lowest BCUT2D eigenvalue weighted by Gasteiger charge is -2.28. The van der Waals surface area contributed by atoms with Crippen molar-refractivity contribution in [3.05, 3.63) is 17.5 Å². The molecule has 1 fully saturated rings. The zero-order valence-electron chi connectivity index (χ0n) is 11.1. The first-order valence-electron chi connectivity index (χ1n) is 6.44. The largest absolute Gasteiger partial charge is 0.308 e. The van der Waals surface area contributed by atoms with Crippen LogP contribution in [0.5, 0.6) is 0 Å². The van der Waals surface area contributed by atoms with E-state index in [9.17, 15) is 0 Å². The van der Waals surface area contributed by atoms with Crippen LogP contribution in [-0.2, 0) is 13.6 Å². The van der Waals surface area contributed by atoms with E-state index in [-0.39, 0.29) is 0 Å². The molecule has 2 atom stereocenters. The zero-order valence-corrected chi connectivity index (χ0v) is 11.9. The molecule has 2 rings (SSSR count). The third-order valence-corrected chi connectivity index (χ3v) is 4.72. The molecule has 96 valence electrons. The Morgan fingerprint density at radius 3 is 3.00 bits per heavy atom. The van der Waals surface area contributed by atoms with Crippen LogP contribution in [0.15, 0.2) is 6.07 Å². The minimum atomic E-state index is 0.691. The number of hydrogen-bond acceptors (Lipinski definition) is 3. The summed E-state index contributed by atoms with van der Waals surface area (Å²) in [6.07, 6.45) is 7.64. The Kier molecular flexibility index (Phi) is 4.51. The first-order chi connectivity index (χ1) is 8.19. The van der Waals surface area contributed by atoms with Crippen LogP contribution in [0.4, 0.5) is 0 Å². The summed E-state index contributed by atoms with van der Waals surface area (Å²) in [5, 5.41) is 8.92. The lowest BCUT2D eigenvalue weighted by Crippen LogP contribution is -2.35. The van der Waals surface area contributed by atoms with Crippen molar-refractivity contribution in [1.82, 2.24) is 15.1 Å². The van der Waals surface area contributed by atoms with Crippen molar-refractivity contribution >= 4 is 11.8 Å². The monoisotopic (exact) mass is 253 g/mol. The highest BCUT2D eigenvalue weighted by atomic mass is 32.2. The van der Waals surface area contributed by atoms with E-state index in [1.165, 1.54) is 31.4 Å². The summed E-state index contributed by atoms with van der Waals surface area (Å²) in [6, 6.07) is 2.86. The molecule has 4 heteroatoms. The summed E-state index contributed by atoms with van der Waals surface area (Å²) >= 11 is 2.02. The van der Waals surface area contributed by atoms with Gasteiger partial charge in [-0.25, -0.2) is 0 Å². The zero-order chi connectivity index (χ0) is 12.3. The first kappa shape index (κ1) is 13.0. The number of thioether (sulfide) groups is 1. The summed E-state index contributed by atoms with van der Waals surface area (Å²) in [7, 11) is 2.02. The van der Waals surface area contributed by atoms with E-state index < -0.39 is 0 Å². The van der Waals surface area contributed by atoms with E-state index in [0.29, 0.717) is 6.04 Å². The maximum atomic E-state index is 4.38. The summed E-state index contributed by atoms with van der Waals surface area (Å²) in [5.74, 6) is 0. The van der Waals surface area contributed by atoms with Crippen LogP contribution in [0.3, 0.4) is 0 Å². The van der Waals surface area contributed by atoms with Crippen LogP contribution in [0.1, 0.15) is 37.1 Å². The van der Waals surface area contributed by atoms with Crippen LogP contribution in [0.2, 0.25) is 0 Å². The molecular weight excluding hydrogens is 230 g/mol. The van der Waals surface area contributed by atoms with Gasteiger partial charge in [0.15, 0.2) is 0 Å². The second kappa shape index (κ2) is 5.91. The number of rotatable bonds is 4. The fourth-order valence-corrected chi connectivity index (χ4v) is 3.45. The molecule has 0 spiro atoms. The van der Waals surface area contributed by atoms with Gasteiger partial charge in [-0.2, -0.15) is 16.9 Å². The van der Waals surface area contributed by atoms with Gasteiger partial charge in [-0.15, -0.1) is 0 Å². The molecule has 3 nitrogen and oxygen atoms in total. The molecule has 0 aromatic carbocycles. The van der Waals surface area contributed by atoms with Gasteiger partial charge in [0.1, 0.15) is 0 Å². The van der Waals surface area contributed by atoms with Crippen molar-refractivity contribution in [2.75, 3.05) is 6.26 Å². The third kappa shape index (κ3) is 3.49.